The van der Waals surface area contributed by atoms with E-state index in [1.54, 1.807) is 0 Å². The molecule has 3 nitrogen and oxygen atoms in total. The lowest BCUT2D eigenvalue weighted by molar-refractivity contribution is 0.279. The topological polar surface area (TPSA) is 49.7 Å². The highest BCUT2D eigenvalue weighted by Gasteiger charge is 2.16. The predicted molar refractivity (Wildman–Crippen MR) is 37.2 cm³/mol. The summed E-state index contributed by atoms with van der Waals surface area (Å²) in [4.78, 5) is 0. The van der Waals surface area contributed by atoms with Gasteiger partial charge in [-0.1, -0.05) is 6.07 Å². The van der Waals surface area contributed by atoms with E-state index < -0.39 is 24.7 Å². The van der Waals surface area contributed by atoms with Crippen molar-refractivity contribution < 1.29 is 23.5 Å². The van der Waals surface area contributed by atoms with E-state index in [1.807, 2.05) is 0 Å². The van der Waals surface area contributed by atoms with Crippen LogP contribution >= 0.6 is 0 Å². The molecule has 6 heteroatoms. The van der Waals surface area contributed by atoms with Gasteiger partial charge >= 0.3 is 7.32 Å². The molecule has 1 aromatic rings. The molecule has 0 aliphatic carbocycles. The number of halogens is 2. The maximum atomic E-state index is 12.6. The Bertz CT molecular complexity index is 279. The Labute approximate surface area is 67.4 Å². The Hall–Kier alpha value is -1.14. The van der Waals surface area contributed by atoms with E-state index >= 15 is 0 Å². The van der Waals surface area contributed by atoms with E-state index in [9.17, 15) is 8.78 Å². The van der Waals surface area contributed by atoms with Crippen LogP contribution < -0.4 is 4.65 Å². The summed E-state index contributed by atoms with van der Waals surface area (Å²) >= 11 is 0. The molecule has 0 radical (unpaired) electrons. The minimum Gasteiger partial charge on any atom is -0.509 e. The molecular formula is C6H5BF2O3. The molecule has 64 valence electrons. The van der Waals surface area contributed by atoms with Crippen LogP contribution in [-0.2, 0) is 0 Å². The van der Waals surface area contributed by atoms with E-state index in [4.69, 9.17) is 10.0 Å². The minimum atomic E-state index is -2.15. The van der Waals surface area contributed by atoms with Gasteiger partial charge in [0.15, 0.2) is 11.6 Å². The first kappa shape index (κ1) is 8.96. The van der Waals surface area contributed by atoms with Gasteiger partial charge in [0.05, 0.1) is 0 Å². The van der Waals surface area contributed by atoms with Gasteiger partial charge in [-0.05, 0) is 12.1 Å². The Morgan fingerprint density at radius 3 is 2.50 bits per heavy atom. The number of hydrogen-bond acceptors (Lipinski definition) is 3. The van der Waals surface area contributed by atoms with Gasteiger partial charge in [-0.25, -0.2) is 4.39 Å². The zero-order valence-electron chi connectivity index (χ0n) is 5.87. The quantitative estimate of drug-likeness (QED) is 0.634. The van der Waals surface area contributed by atoms with Crippen LogP contribution in [0.25, 0.3) is 0 Å². The SMILES string of the molecule is OB(O)Oc1cccc(F)c1F. The average Bonchev–Trinajstić information content (AvgIpc) is 1.98. The molecule has 0 atom stereocenters. The number of hydrogen-bond donors (Lipinski definition) is 2. The third-order valence-electron chi connectivity index (χ3n) is 1.15. The first-order valence-corrected chi connectivity index (χ1v) is 3.08. The molecule has 0 aromatic heterocycles. The van der Waals surface area contributed by atoms with Crippen molar-refractivity contribution in [3.63, 3.8) is 0 Å². The summed E-state index contributed by atoms with van der Waals surface area (Å²) in [7, 11) is -2.15. The van der Waals surface area contributed by atoms with Gasteiger partial charge in [0.25, 0.3) is 0 Å². The van der Waals surface area contributed by atoms with E-state index in [0.717, 1.165) is 12.1 Å². The normalized spacial score (nSPS) is 9.67. The second-order valence-electron chi connectivity index (χ2n) is 2.00. The van der Waals surface area contributed by atoms with Gasteiger partial charge in [0, 0.05) is 0 Å². The van der Waals surface area contributed by atoms with Crippen molar-refractivity contribution in [2.75, 3.05) is 0 Å². The summed E-state index contributed by atoms with van der Waals surface area (Å²) < 4.78 is 29.2. The van der Waals surface area contributed by atoms with Crippen LogP contribution in [0, 0.1) is 11.6 Å². The lowest BCUT2D eigenvalue weighted by Gasteiger charge is -2.04. The molecule has 0 saturated carbocycles. The van der Waals surface area contributed by atoms with Crippen LogP contribution in [0.5, 0.6) is 5.75 Å². The van der Waals surface area contributed by atoms with Crippen molar-refractivity contribution in [2.45, 2.75) is 0 Å². The number of rotatable bonds is 2. The Morgan fingerprint density at radius 2 is 1.92 bits per heavy atom. The smallest absolute Gasteiger partial charge is 0.509 e. The van der Waals surface area contributed by atoms with Gasteiger partial charge in [0.1, 0.15) is 5.75 Å². The standard InChI is InChI=1S/C6H5BF2O3/c8-4-2-1-3-5(6(4)9)12-7(10)11/h1-3,10-11H. The third-order valence-corrected chi connectivity index (χ3v) is 1.15. The van der Waals surface area contributed by atoms with Crippen molar-refractivity contribution in [1.82, 2.24) is 0 Å². The van der Waals surface area contributed by atoms with Crippen molar-refractivity contribution in [1.29, 1.82) is 0 Å². The maximum Gasteiger partial charge on any atom is 0.707 e. The van der Waals surface area contributed by atoms with Crippen molar-refractivity contribution >= 4 is 7.32 Å². The number of benzene rings is 1. The highest BCUT2D eigenvalue weighted by molar-refractivity contribution is 6.33. The molecule has 2 N–H and O–H groups in total. The molecule has 0 unspecified atom stereocenters. The van der Waals surface area contributed by atoms with Gasteiger partial charge in [-0.15, -0.1) is 0 Å². The summed E-state index contributed by atoms with van der Waals surface area (Å²) in [6.07, 6.45) is 0. The molecule has 0 amide bonds. The second-order valence-corrected chi connectivity index (χ2v) is 2.00. The lowest BCUT2D eigenvalue weighted by Crippen LogP contribution is -2.21. The summed E-state index contributed by atoms with van der Waals surface area (Å²) in [6.45, 7) is 0. The first-order chi connectivity index (χ1) is 5.61. The van der Waals surface area contributed by atoms with Crippen molar-refractivity contribution in [3.05, 3.63) is 29.8 Å². The Kier molecular flexibility index (Phi) is 2.62. The van der Waals surface area contributed by atoms with Crippen LogP contribution in [-0.4, -0.2) is 17.4 Å². The third kappa shape index (κ3) is 1.93. The Balaban J connectivity index is 2.92. The summed E-state index contributed by atoms with van der Waals surface area (Å²) in [5, 5.41) is 16.5. The van der Waals surface area contributed by atoms with Crippen molar-refractivity contribution in [3.8, 4) is 5.75 Å². The molecule has 0 bridgehead atoms. The van der Waals surface area contributed by atoms with E-state index in [-0.39, 0.29) is 0 Å². The van der Waals surface area contributed by atoms with Gasteiger partial charge < -0.3 is 14.7 Å². The molecular weight excluding hydrogens is 169 g/mol. The minimum absolute atomic E-state index is 0.537. The summed E-state index contributed by atoms with van der Waals surface area (Å²) in [5.41, 5.74) is 0. The van der Waals surface area contributed by atoms with E-state index in [2.05, 4.69) is 4.65 Å². The highest BCUT2D eigenvalue weighted by atomic mass is 19.2. The van der Waals surface area contributed by atoms with E-state index in [1.165, 1.54) is 6.07 Å². The van der Waals surface area contributed by atoms with Crippen LogP contribution in [0.3, 0.4) is 0 Å². The summed E-state index contributed by atoms with van der Waals surface area (Å²) in [6, 6.07) is 3.17. The van der Waals surface area contributed by atoms with Crippen LogP contribution in [0.2, 0.25) is 0 Å². The van der Waals surface area contributed by atoms with Crippen molar-refractivity contribution in [2.24, 2.45) is 0 Å². The lowest BCUT2D eigenvalue weighted by atomic mass is 10.2. The maximum absolute atomic E-state index is 12.6. The highest BCUT2D eigenvalue weighted by Crippen LogP contribution is 2.18. The van der Waals surface area contributed by atoms with E-state index in [0.29, 0.717) is 0 Å². The second kappa shape index (κ2) is 3.51. The fraction of sp³-hybridized carbons (Fsp3) is 0. The molecule has 0 saturated heterocycles. The fourth-order valence-electron chi connectivity index (χ4n) is 0.689. The average molecular weight is 174 g/mol. The van der Waals surface area contributed by atoms with Crippen LogP contribution in [0.4, 0.5) is 8.78 Å². The fourth-order valence-corrected chi connectivity index (χ4v) is 0.689. The molecule has 0 spiro atoms. The molecule has 12 heavy (non-hydrogen) atoms. The van der Waals surface area contributed by atoms with Gasteiger partial charge in [-0.3, -0.25) is 0 Å². The Morgan fingerprint density at radius 1 is 1.25 bits per heavy atom. The molecule has 1 aromatic carbocycles. The monoisotopic (exact) mass is 174 g/mol. The largest absolute Gasteiger partial charge is 0.707 e. The molecule has 0 fully saturated rings. The summed E-state index contributed by atoms with van der Waals surface area (Å²) in [5.74, 6) is -2.89. The molecule has 1 rings (SSSR count). The van der Waals surface area contributed by atoms with Gasteiger partial charge in [0.2, 0.25) is 0 Å². The zero-order chi connectivity index (χ0) is 9.14. The van der Waals surface area contributed by atoms with Crippen LogP contribution in [0.1, 0.15) is 0 Å². The first-order valence-electron chi connectivity index (χ1n) is 3.08. The van der Waals surface area contributed by atoms with Crippen LogP contribution in [0.15, 0.2) is 18.2 Å². The molecule has 0 aliphatic heterocycles. The van der Waals surface area contributed by atoms with Gasteiger partial charge in [-0.2, -0.15) is 4.39 Å². The molecule has 0 aliphatic rings. The predicted octanol–water partition coefficient (Wildman–Crippen LogP) is 0.313. The molecule has 0 heterocycles. The zero-order valence-corrected chi connectivity index (χ0v) is 5.87.